The maximum absolute atomic E-state index is 2.50. The van der Waals surface area contributed by atoms with Crippen LogP contribution in [0.2, 0.25) is 0 Å². The Balaban J connectivity index is 0.928. The third kappa shape index (κ3) is 6.27. The van der Waals surface area contributed by atoms with E-state index in [2.05, 4.69) is 263 Å². The van der Waals surface area contributed by atoms with Crippen LogP contribution < -0.4 is 14.7 Å². The maximum Gasteiger partial charge on any atom is 0.0717 e. The van der Waals surface area contributed by atoms with Gasteiger partial charge in [0.25, 0.3) is 0 Å². The van der Waals surface area contributed by atoms with Gasteiger partial charge in [-0.15, -0.1) is 22.7 Å². The Morgan fingerprint density at radius 3 is 1.37 bits per heavy atom. The highest BCUT2D eigenvalue weighted by atomic mass is 32.1. The van der Waals surface area contributed by atoms with Crippen LogP contribution in [0.4, 0.5) is 51.2 Å². The van der Waals surface area contributed by atoms with Crippen LogP contribution in [-0.4, -0.2) is 0 Å². The molecule has 13 aromatic rings. The monoisotopic (exact) mass is 939 g/mol. The first-order chi connectivity index (χ1) is 35.2. The van der Waals surface area contributed by atoms with Gasteiger partial charge in [-0.1, -0.05) is 146 Å². The van der Waals surface area contributed by atoms with Crippen LogP contribution in [0, 0.1) is 0 Å². The van der Waals surface area contributed by atoms with Gasteiger partial charge in [0.2, 0.25) is 0 Å². The first kappa shape index (κ1) is 40.2. The minimum absolute atomic E-state index is 1.11. The lowest BCUT2D eigenvalue weighted by Gasteiger charge is -2.40. The summed E-state index contributed by atoms with van der Waals surface area (Å²) in [6.07, 6.45) is 0. The molecule has 0 atom stereocenters. The molecule has 0 spiro atoms. The Kier molecular flexibility index (Phi) is 9.00. The number of thiophene rings is 2. The van der Waals surface area contributed by atoms with Gasteiger partial charge in [-0.05, 0) is 148 Å². The average Bonchev–Trinajstić information content (AvgIpc) is 3.99. The lowest BCUT2D eigenvalue weighted by atomic mass is 9.80. The SMILES string of the molecule is c1ccc(N(c2ccc3c(c2)-c2ccccc2-c2ccc(N4c5ccccc5N(c5ccccc5)c5cc6c(cc54)sc4ccccc46)cc2-c2ccccc2-3)c2ccc3sc4ccccc4c3c2)cc1. The molecular weight excluding hydrogens is 899 g/mol. The zero-order valence-corrected chi connectivity index (χ0v) is 40.0. The summed E-state index contributed by atoms with van der Waals surface area (Å²) in [5, 5.41) is 5.14. The summed E-state index contributed by atoms with van der Waals surface area (Å²) in [5.41, 5.74) is 19.8. The summed E-state index contributed by atoms with van der Waals surface area (Å²) in [6, 6.07) is 92.1. The van der Waals surface area contributed by atoms with Crippen LogP contribution in [-0.2, 0) is 0 Å². The summed E-state index contributed by atoms with van der Waals surface area (Å²) >= 11 is 3.72. The van der Waals surface area contributed by atoms with E-state index in [0.717, 1.165) is 51.2 Å². The second-order valence-corrected chi connectivity index (χ2v) is 20.6. The number of hydrogen-bond acceptors (Lipinski definition) is 5. The normalized spacial score (nSPS) is 12.5. The first-order valence-corrected chi connectivity index (χ1v) is 25.8. The maximum atomic E-state index is 2.50. The van der Waals surface area contributed by atoms with Gasteiger partial charge < -0.3 is 14.7 Å². The number of nitrogens with zero attached hydrogens (tertiary/aromatic N) is 3. The summed E-state index contributed by atoms with van der Waals surface area (Å²) in [6.45, 7) is 0. The van der Waals surface area contributed by atoms with Crippen LogP contribution >= 0.6 is 22.7 Å². The quantitative estimate of drug-likeness (QED) is 0.170. The molecule has 0 fully saturated rings. The van der Waals surface area contributed by atoms with Gasteiger partial charge in [0.15, 0.2) is 0 Å². The number of fused-ring (bicyclic) bond motifs is 16. The van der Waals surface area contributed by atoms with Crippen LogP contribution in [0.3, 0.4) is 0 Å². The number of hydrogen-bond donors (Lipinski definition) is 0. The van der Waals surface area contributed by atoms with E-state index in [1.165, 1.54) is 84.9 Å². The van der Waals surface area contributed by atoms with Crippen molar-refractivity contribution in [1.29, 1.82) is 0 Å². The second kappa shape index (κ2) is 15.9. The molecule has 0 saturated carbocycles. The molecule has 2 aromatic heterocycles. The molecule has 71 heavy (non-hydrogen) atoms. The molecule has 2 aliphatic rings. The molecule has 0 bridgehead atoms. The van der Waals surface area contributed by atoms with E-state index < -0.39 is 0 Å². The number of anilines is 9. The van der Waals surface area contributed by atoms with Crippen LogP contribution in [0.1, 0.15) is 0 Å². The third-order valence-corrected chi connectivity index (χ3v) is 16.8. The summed E-state index contributed by atoms with van der Waals surface area (Å²) in [5.74, 6) is 0. The fourth-order valence-corrected chi connectivity index (χ4v) is 13.6. The zero-order valence-electron chi connectivity index (χ0n) is 38.3. The van der Waals surface area contributed by atoms with Crippen molar-refractivity contribution in [1.82, 2.24) is 0 Å². The lowest BCUT2D eigenvalue weighted by Crippen LogP contribution is -2.24. The highest BCUT2D eigenvalue weighted by molar-refractivity contribution is 7.26. The Bertz CT molecular complexity index is 4260. The molecule has 1 aliphatic carbocycles. The van der Waals surface area contributed by atoms with Crippen molar-refractivity contribution in [2.24, 2.45) is 0 Å². The van der Waals surface area contributed by atoms with Crippen LogP contribution in [0.25, 0.3) is 84.9 Å². The average molecular weight is 940 g/mol. The fraction of sp³-hybridized carbons (Fsp3) is 0. The van der Waals surface area contributed by atoms with Gasteiger partial charge in [0, 0.05) is 68.8 Å². The summed E-state index contributed by atoms with van der Waals surface area (Å²) < 4.78 is 5.17. The smallest absolute Gasteiger partial charge is 0.0717 e. The molecule has 3 nitrogen and oxygen atoms in total. The second-order valence-electron chi connectivity index (χ2n) is 18.4. The van der Waals surface area contributed by atoms with Gasteiger partial charge in [-0.25, -0.2) is 0 Å². The van der Waals surface area contributed by atoms with Crippen molar-refractivity contribution >= 4 is 114 Å². The molecule has 0 unspecified atom stereocenters. The number of rotatable bonds is 5. The molecule has 332 valence electrons. The predicted molar refractivity (Wildman–Crippen MR) is 305 cm³/mol. The number of benzene rings is 11. The van der Waals surface area contributed by atoms with E-state index in [1.54, 1.807) is 0 Å². The highest BCUT2D eigenvalue weighted by Crippen LogP contribution is 2.58. The molecule has 5 heteroatoms. The van der Waals surface area contributed by atoms with Crippen LogP contribution in [0.15, 0.2) is 249 Å². The molecule has 1 aliphatic heterocycles. The minimum atomic E-state index is 1.11. The lowest BCUT2D eigenvalue weighted by molar-refractivity contribution is 1.18. The van der Waals surface area contributed by atoms with Crippen molar-refractivity contribution in [3.63, 3.8) is 0 Å². The van der Waals surface area contributed by atoms with E-state index in [-0.39, 0.29) is 0 Å². The van der Waals surface area contributed by atoms with Gasteiger partial charge in [-0.2, -0.15) is 0 Å². The first-order valence-electron chi connectivity index (χ1n) is 24.2. The Labute approximate surface area is 419 Å². The molecule has 0 saturated heterocycles. The Morgan fingerprint density at radius 1 is 0.239 bits per heavy atom. The number of para-hydroxylation sites is 4. The molecular formula is C66H41N3S2. The van der Waals surface area contributed by atoms with Crippen molar-refractivity contribution < 1.29 is 0 Å². The van der Waals surface area contributed by atoms with Crippen molar-refractivity contribution in [2.75, 3.05) is 14.7 Å². The van der Waals surface area contributed by atoms with Crippen LogP contribution in [0.5, 0.6) is 0 Å². The van der Waals surface area contributed by atoms with Gasteiger partial charge in [0.05, 0.1) is 22.7 Å². The molecule has 0 amide bonds. The zero-order chi connectivity index (χ0) is 46.6. The highest BCUT2D eigenvalue weighted by Gasteiger charge is 2.33. The topological polar surface area (TPSA) is 9.72 Å². The van der Waals surface area contributed by atoms with Crippen molar-refractivity contribution in [3.8, 4) is 44.5 Å². The van der Waals surface area contributed by atoms with E-state index in [1.807, 2.05) is 22.7 Å². The minimum Gasteiger partial charge on any atom is -0.310 e. The van der Waals surface area contributed by atoms with Gasteiger partial charge in [-0.3, -0.25) is 0 Å². The largest absolute Gasteiger partial charge is 0.310 e. The van der Waals surface area contributed by atoms with Crippen molar-refractivity contribution in [3.05, 3.63) is 249 Å². The third-order valence-electron chi connectivity index (χ3n) is 14.5. The summed E-state index contributed by atoms with van der Waals surface area (Å²) in [7, 11) is 0. The van der Waals surface area contributed by atoms with E-state index in [0.29, 0.717) is 0 Å². The van der Waals surface area contributed by atoms with Gasteiger partial charge >= 0.3 is 0 Å². The predicted octanol–water partition coefficient (Wildman–Crippen LogP) is 20.1. The van der Waals surface area contributed by atoms with Gasteiger partial charge in [0.1, 0.15) is 0 Å². The molecule has 0 radical (unpaired) electrons. The molecule has 15 rings (SSSR count). The Hall–Kier alpha value is -8.74. The Morgan fingerprint density at radius 2 is 0.690 bits per heavy atom. The summed E-state index contributed by atoms with van der Waals surface area (Å²) in [4.78, 5) is 7.36. The fourth-order valence-electron chi connectivity index (χ4n) is 11.4. The molecule has 0 N–H and O–H groups in total. The van der Waals surface area contributed by atoms with E-state index in [4.69, 9.17) is 0 Å². The molecule has 11 aromatic carbocycles. The van der Waals surface area contributed by atoms with E-state index >= 15 is 0 Å². The van der Waals surface area contributed by atoms with Crippen molar-refractivity contribution in [2.45, 2.75) is 0 Å². The molecule has 3 heterocycles. The van der Waals surface area contributed by atoms with E-state index in [9.17, 15) is 0 Å². The standard InChI is InChI=1S/C66H41N3S2/c1-3-17-42(18-4-1)67(45-33-36-65-57(39-45)53-25-11-15-29-63(53)70-65)44-31-34-51-48-22-8-10-24-50(48)56-38-46(32-35-52(56)47-21-7-9-23-49(47)55(51)37-44)69-60-28-14-13-27-59(60)68(43-19-5-2-6-20-43)61-40-58-54-26-12-16-30-64(54)71-66(58)41-62(61)69/h1-41H.